The van der Waals surface area contributed by atoms with Crippen molar-refractivity contribution in [3.8, 4) is 0 Å². The van der Waals surface area contributed by atoms with Crippen LogP contribution in [0.4, 0.5) is 4.79 Å². The summed E-state index contributed by atoms with van der Waals surface area (Å²) in [5.74, 6) is 0. The lowest BCUT2D eigenvalue weighted by Crippen LogP contribution is -2.15. The van der Waals surface area contributed by atoms with Crippen LogP contribution in [-0.2, 0) is 9.47 Å². The van der Waals surface area contributed by atoms with Gasteiger partial charge in [0.15, 0.2) is 0 Å². The highest BCUT2D eigenvalue weighted by molar-refractivity contribution is 5.60. The summed E-state index contributed by atoms with van der Waals surface area (Å²) in [5.41, 5.74) is 0. The molecule has 0 saturated heterocycles. The molecule has 0 radical (unpaired) electrons. The molecule has 0 heterocycles. The molecule has 0 amide bonds. The standard InChI is InChI=1S/C9H14O3/c1-11-9(10)12-8-6-4-2-3-5-7-8/h4,6,8H,2-3,5,7H2,1H3/t8-/m1/s1. The monoisotopic (exact) mass is 170 g/mol. The fraction of sp³-hybridized carbons (Fsp3) is 0.667. The maximum atomic E-state index is 10.7. The first-order valence-corrected chi connectivity index (χ1v) is 4.24. The van der Waals surface area contributed by atoms with Crippen molar-refractivity contribution >= 4 is 6.16 Å². The number of rotatable bonds is 1. The lowest BCUT2D eigenvalue weighted by Gasteiger charge is -2.10. The molecular weight excluding hydrogens is 156 g/mol. The third-order valence-corrected chi connectivity index (χ3v) is 1.87. The molecule has 1 atom stereocenters. The lowest BCUT2D eigenvalue weighted by molar-refractivity contribution is 0.0498. The van der Waals surface area contributed by atoms with Crippen LogP contribution in [0.1, 0.15) is 25.7 Å². The van der Waals surface area contributed by atoms with Crippen molar-refractivity contribution < 1.29 is 14.3 Å². The van der Waals surface area contributed by atoms with Crippen molar-refractivity contribution in [2.75, 3.05) is 7.11 Å². The van der Waals surface area contributed by atoms with E-state index in [4.69, 9.17) is 4.74 Å². The molecule has 3 nitrogen and oxygen atoms in total. The Morgan fingerprint density at radius 1 is 1.50 bits per heavy atom. The molecule has 68 valence electrons. The van der Waals surface area contributed by atoms with Crippen LogP contribution < -0.4 is 0 Å². The number of ether oxygens (including phenoxy) is 2. The fourth-order valence-corrected chi connectivity index (χ4v) is 1.22. The summed E-state index contributed by atoms with van der Waals surface area (Å²) in [6.07, 6.45) is 7.59. The average molecular weight is 170 g/mol. The Balaban J connectivity index is 2.34. The minimum Gasteiger partial charge on any atom is -0.438 e. The minimum atomic E-state index is -0.591. The van der Waals surface area contributed by atoms with Crippen molar-refractivity contribution in [1.82, 2.24) is 0 Å². The largest absolute Gasteiger partial charge is 0.508 e. The van der Waals surface area contributed by atoms with E-state index in [1.165, 1.54) is 13.5 Å². The van der Waals surface area contributed by atoms with E-state index < -0.39 is 6.16 Å². The van der Waals surface area contributed by atoms with Crippen molar-refractivity contribution in [2.24, 2.45) is 0 Å². The highest BCUT2D eigenvalue weighted by atomic mass is 16.7. The first kappa shape index (κ1) is 9.10. The molecular formula is C9H14O3. The van der Waals surface area contributed by atoms with Crippen LogP contribution in [0.3, 0.4) is 0 Å². The predicted molar refractivity (Wildman–Crippen MR) is 44.9 cm³/mol. The molecule has 3 heteroatoms. The summed E-state index contributed by atoms with van der Waals surface area (Å²) in [6, 6.07) is 0. The smallest absolute Gasteiger partial charge is 0.438 e. The fourth-order valence-electron chi connectivity index (χ4n) is 1.22. The van der Waals surface area contributed by atoms with Gasteiger partial charge in [-0.2, -0.15) is 0 Å². The van der Waals surface area contributed by atoms with E-state index >= 15 is 0 Å². The van der Waals surface area contributed by atoms with Crippen molar-refractivity contribution in [2.45, 2.75) is 31.8 Å². The second-order valence-corrected chi connectivity index (χ2v) is 2.82. The third kappa shape index (κ3) is 2.95. The Bertz CT molecular complexity index is 175. The highest BCUT2D eigenvalue weighted by Crippen LogP contribution is 2.14. The molecule has 0 aliphatic heterocycles. The normalized spacial score (nSPS) is 22.9. The second-order valence-electron chi connectivity index (χ2n) is 2.82. The van der Waals surface area contributed by atoms with Gasteiger partial charge in [-0.3, -0.25) is 0 Å². The van der Waals surface area contributed by atoms with Crippen molar-refractivity contribution in [3.63, 3.8) is 0 Å². The number of allylic oxidation sites excluding steroid dienone is 1. The Labute approximate surface area is 72.4 Å². The van der Waals surface area contributed by atoms with Gasteiger partial charge in [0.1, 0.15) is 6.10 Å². The first-order chi connectivity index (χ1) is 5.83. The van der Waals surface area contributed by atoms with Gasteiger partial charge in [0.25, 0.3) is 0 Å². The molecule has 1 aliphatic carbocycles. The number of hydrogen-bond acceptors (Lipinski definition) is 3. The van der Waals surface area contributed by atoms with Gasteiger partial charge in [0, 0.05) is 0 Å². The SMILES string of the molecule is COC(=O)O[C@@H]1C=CCCCC1. The van der Waals surface area contributed by atoms with E-state index in [2.05, 4.69) is 10.8 Å². The molecule has 0 unspecified atom stereocenters. The summed E-state index contributed by atoms with van der Waals surface area (Å²) in [5, 5.41) is 0. The molecule has 0 aromatic carbocycles. The molecule has 0 spiro atoms. The predicted octanol–water partition coefficient (Wildman–Crippen LogP) is 2.27. The lowest BCUT2D eigenvalue weighted by atomic mass is 10.2. The zero-order valence-electron chi connectivity index (χ0n) is 7.29. The van der Waals surface area contributed by atoms with Gasteiger partial charge in [-0.15, -0.1) is 0 Å². The molecule has 1 rings (SSSR count). The zero-order valence-corrected chi connectivity index (χ0v) is 7.29. The topological polar surface area (TPSA) is 35.5 Å². The number of methoxy groups -OCH3 is 1. The van der Waals surface area contributed by atoms with Crippen molar-refractivity contribution in [1.29, 1.82) is 0 Å². The van der Waals surface area contributed by atoms with Crippen LogP contribution in [-0.4, -0.2) is 19.4 Å². The van der Waals surface area contributed by atoms with E-state index in [9.17, 15) is 4.79 Å². The van der Waals surface area contributed by atoms with Gasteiger partial charge >= 0.3 is 6.16 Å². The average Bonchev–Trinajstić information content (AvgIpc) is 2.33. The Hall–Kier alpha value is -0.990. The summed E-state index contributed by atoms with van der Waals surface area (Å²) in [6.45, 7) is 0. The summed E-state index contributed by atoms with van der Waals surface area (Å²) in [4.78, 5) is 10.7. The van der Waals surface area contributed by atoms with Gasteiger partial charge in [-0.25, -0.2) is 4.79 Å². The van der Waals surface area contributed by atoms with Crippen LogP contribution >= 0.6 is 0 Å². The third-order valence-electron chi connectivity index (χ3n) is 1.87. The molecule has 0 saturated carbocycles. The number of carbonyl (C=O) groups excluding carboxylic acids is 1. The van der Waals surface area contributed by atoms with Crippen molar-refractivity contribution in [3.05, 3.63) is 12.2 Å². The Kier molecular flexibility index (Phi) is 3.64. The van der Waals surface area contributed by atoms with E-state index in [0.29, 0.717) is 0 Å². The first-order valence-electron chi connectivity index (χ1n) is 4.24. The maximum absolute atomic E-state index is 10.7. The Morgan fingerprint density at radius 3 is 3.08 bits per heavy atom. The minimum absolute atomic E-state index is 0.0834. The quantitative estimate of drug-likeness (QED) is 0.447. The maximum Gasteiger partial charge on any atom is 0.508 e. The number of hydrogen-bond donors (Lipinski definition) is 0. The summed E-state index contributed by atoms with van der Waals surface area (Å²) >= 11 is 0. The molecule has 0 aromatic heterocycles. The van der Waals surface area contributed by atoms with E-state index in [0.717, 1.165) is 19.3 Å². The van der Waals surface area contributed by atoms with Gasteiger partial charge in [0.05, 0.1) is 7.11 Å². The van der Waals surface area contributed by atoms with Gasteiger partial charge in [0.2, 0.25) is 0 Å². The zero-order chi connectivity index (χ0) is 8.81. The van der Waals surface area contributed by atoms with Crippen LogP contribution in [0.2, 0.25) is 0 Å². The van der Waals surface area contributed by atoms with Gasteiger partial charge < -0.3 is 9.47 Å². The summed E-state index contributed by atoms with van der Waals surface area (Å²) in [7, 11) is 1.32. The molecule has 0 aromatic rings. The van der Waals surface area contributed by atoms with Crippen LogP contribution in [0.25, 0.3) is 0 Å². The molecule has 0 N–H and O–H groups in total. The molecule has 0 bridgehead atoms. The van der Waals surface area contributed by atoms with Gasteiger partial charge in [-0.1, -0.05) is 6.08 Å². The number of carbonyl (C=O) groups is 1. The molecule has 0 fully saturated rings. The van der Waals surface area contributed by atoms with E-state index in [-0.39, 0.29) is 6.10 Å². The molecule has 1 aliphatic rings. The van der Waals surface area contributed by atoms with E-state index in [1.54, 1.807) is 0 Å². The highest BCUT2D eigenvalue weighted by Gasteiger charge is 2.12. The van der Waals surface area contributed by atoms with Crippen LogP contribution in [0, 0.1) is 0 Å². The summed E-state index contributed by atoms with van der Waals surface area (Å²) < 4.78 is 9.37. The Morgan fingerprint density at radius 2 is 2.33 bits per heavy atom. The van der Waals surface area contributed by atoms with Crippen LogP contribution in [0.15, 0.2) is 12.2 Å². The molecule has 12 heavy (non-hydrogen) atoms. The van der Waals surface area contributed by atoms with Crippen LogP contribution in [0.5, 0.6) is 0 Å². The van der Waals surface area contributed by atoms with Gasteiger partial charge in [-0.05, 0) is 31.8 Å². The van der Waals surface area contributed by atoms with E-state index in [1.807, 2.05) is 6.08 Å². The second kappa shape index (κ2) is 4.80.